The van der Waals surface area contributed by atoms with E-state index in [0.717, 1.165) is 6.42 Å². The number of rotatable bonds is 5. The standard InChI is InChI=1S/C25H22N/c1-4-12-21(13-5-1)20-24-18-10-11-19-26(24)25(22-14-6-2-7-15-22)23-16-8-3-9-17-23/h1-19,25H,20H2/q+1. The summed E-state index contributed by atoms with van der Waals surface area (Å²) in [6, 6.07) is 38.8. The zero-order valence-electron chi connectivity index (χ0n) is 14.7. The minimum absolute atomic E-state index is 0.164. The van der Waals surface area contributed by atoms with Crippen LogP contribution in [0.25, 0.3) is 0 Å². The van der Waals surface area contributed by atoms with Gasteiger partial charge in [-0.25, -0.2) is 0 Å². The average molecular weight is 336 g/mol. The van der Waals surface area contributed by atoms with Crippen LogP contribution in [0.2, 0.25) is 0 Å². The van der Waals surface area contributed by atoms with E-state index in [2.05, 4.69) is 120 Å². The van der Waals surface area contributed by atoms with Gasteiger partial charge in [-0.1, -0.05) is 97.1 Å². The molecule has 0 radical (unpaired) electrons. The normalized spacial score (nSPS) is 10.8. The summed E-state index contributed by atoms with van der Waals surface area (Å²) in [5.41, 5.74) is 5.22. The Hall–Kier alpha value is -3.19. The Morgan fingerprint density at radius 3 is 1.62 bits per heavy atom. The smallest absolute Gasteiger partial charge is 0.191 e. The quantitative estimate of drug-likeness (QED) is 0.441. The molecule has 0 N–H and O–H groups in total. The first-order chi connectivity index (χ1) is 12.9. The van der Waals surface area contributed by atoms with Crippen molar-refractivity contribution in [1.29, 1.82) is 0 Å². The van der Waals surface area contributed by atoms with Crippen molar-refractivity contribution in [3.8, 4) is 0 Å². The Morgan fingerprint density at radius 2 is 1.04 bits per heavy atom. The van der Waals surface area contributed by atoms with E-state index in [9.17, 15) is 0 Å². The maximum Gasteiger partial charge on any atom is 0.209 e. The van der Waals surface area contributed by atoms with Gasteiger partial charge < -0.3 is 0 Å². The lowest BCUT2D eigenvalue weighted by molar-refractivity contribution is -0.711. The molecule has 0 unspecified atom stereocenters. The van der Waals surface area contributed by atoms with Gasteiger partial charge in [0.05, 0.1) is 6.42 Å². The van der Waals surface area contributed by atoms with Crippen molar-refractivity contribution in [3.05, 3.63) is 138 Å². The second-order valence-corrected chi connectivity index (χ2v) is 6.49. The van der Waals surface area contributed by atoms with Crippen molar-refractivity contribution in [3.63, 3.8) is 0 Å². The fraction of sp³-hybridized carbons (Fsp3) is 0.0800. The molecule has 4 rings (SSSR count). The highest BCUT2D eigenvalue weighted by Crippen LogP contribution is 2.22. The lowest BCUT2D eigenvalue weighted by Crippen LogP contribution is -2.44. The van der Waals surface area contributed by atoms with E-state index in [0.29, 0.717) is 0 Å². The Kier molecular flexibility index (Phi) is 4.88. The highest BCUT2D eigenvalue weighted by Gasteiger charge is 2.26. The van der Waals surface area contributed by atoms with E-state index < -0.39 is 0 Å². The van der Waals surface area contributed by atoms with Gasteiger partial charge in [0.25, 0.3) is 0 Å². The lowest BCUT2D eigenvalue weighted by atomic mass is 9.97. The molecule has 0 bridgehead atoms. The van der Waals surface area contributed by atoms with Gasteiger partial charge in [-0.3, -0.25) is 0 Å². The maximum atomic E-state index is 2.40. The molecular weight excluding hydrogens is 314 g/mol. The summed E-state index contributed by atoms with van der Waals surface area (Å²) in [7, 11) is 0. The van der Waals surface area contributed by atoms with Crippen LogP contribution in [0.1, 0.15) is 28.4 Å². The van der Waals surface area contributed by atoms with Gasteiger partial charge in [-0.05, 0) is 5.56 Å². The van der Waals surface area contributed by atoms with Crippen LogP contribution in [0.15, 0.2) is 115 Å². The van der Waals surface area contributed by atoms with E-state index in [1.165, 1.54) is 22.4 Å². The van der Waals surface area contributed by atoms with Gasteiger partial charge >= 0.3 is 0 Å². The van der Waals surface area contributed by atoms with E-state index in [4.69, 9.17) is 0 Å². The van der Waals surface area contributed by atoms with Crippen molar-refractivity contribution in [2.45, 2.75) is 12.5 Å². The molecule has 26 heavy (non-hydrogen) atoms. The van der Waals surface area contributed by atoms with Crippen LogP contribution in [-0.4, -0.2) is 0 Å². The summed E-state index contributed by atoms with van der Waals surface area (Å²) in [6.07, 6.45) is 3.11. The third-order valence-electron chi connectivity index (χ3n) is 4.71. The van der Waals surface area contributed by atoms with Gasteiger partial charge in [-0.2, -0.15) is 4.57 Å². The van der Waals surface area contributed by atoms with Crippen LogP contribution in [0.5, 0.6) is 0 Å². The third-order valence-corrected chi connectivity index (χ3v) is 4.71. The Morgan fingerprint density at radius 1 is 0.538 bits per heavy atom. The summed E-state index contributed by atoms with van der Waals surface area (Å²) in [5.74, 6) is 0. The van der Waals surface area contributed by atoms with E-state index in [1.54, 1.807) is 0 Å². The first kappa shape index (κ1) is 16.3. The van der Waals surface area contributed by atoms with Crippen LogP contribution in [0.4, 0.5) is 0 Å². The molecule has 0 aliphatic heterocycles. The Labute approximate surface area is 155 Å². The van der Waals surface area contributed by atoms with Crippen molar-refractivity contribution < 1.29 is 4.57 Å². The minimum Gasteiger partial charge on any atom is -0.191 e. The summed E-state index contributed by atoms with van der Waals surface area (Å²) in [5, 5.41) is 0. The molecule has 0 atom stereocenters. The topological polar surface area (TPSA) is 3.88 Å². The monoisotopic (exact) mass is 336 g/mol. The molecule has 0 saturated heterocycles. The molecule has 0 aliphatic rings. The number of hydrogen-bond donors (Lipinski definition) is 0. The third kappa shape index (κ3) is 3.57. The first-order valence-corrected chi connectivity index (χ1v) is 9.05. The number of nitrogens with zero attached hydrogens (tertiary/aromatic N) is 1. The van der Waals surface area contributed by atoms with Crippen LogP contribution in [-0.2, 0) is 6.42 Å². The van der Waals surface area contributed by atoms with Crippen LogP contribution >= 0.6 is 0 Å². The molecule has 4 aromatic rings. The fourth-order valence-corrected chi connectivity index (χ4v) is 3.48. The molecule has 0 amide bonds. The molecule has 1 aromatic heterocycles. The minimum atomic E-state index is 0.164. The molecule has 1 heteroatoms. The zero-order chi connectivity index (χ0) is 17.6. The van der Waals surface area contributed by atoms with Crippen molar-refractivity contribution in [1.82, 2.24) is 0 Å². The van der Waals surface area contributed by atoms with E-state index in [1.807, 2.05) is 0 Å². The van der Waals surface area contributed by atoms with Crippen LogP contribution < -0.4 is 4.57 Å². The van der Waals surface area contributed by atoms with Gasteiger partial charge in [0.2, 0.25) is 6.04 Å². The number of hydrogen-bond acceptors (Lipinski definition) is 0. The van der Waals surface area contributed by atoms with Gasteiger partial charge in [-0.15, -0.1) is 0 Å². The molecule has 0 aliphatic carbocycles. The van der Waals surface area contributed by atoms with E-state index in [-0.39, 0.29) is 6.04 Å². The predicted octanol–water partition coefficient (Wildman–Crippen LogP) is 5.20. The largest absolute Gasteiger partial charge is 0.209 e. The molecule has 126 valence electrons. The number of aromatic nitrogens is 1. The predicted molar refractivity (Wildman–Crippen MR) is 106 cm³/mol. The first-order valence-electron chi connectivity index (χ1n) is 9.05. The Bertz CT molecular complexity index is 907. The lowest BCUT2D eigenvalue weighted by Gasteiger charge is -2.16. The molecule has 0 fully saturated rings. The van der Waals surface area contributed by atoms with Gasteiger partial charge in [0.15, 0.2) is 11.9 Å². The number of pyridine rings is 1. The highest BCUT2D eigenvalue weighted by atomic mass is 15.0. The molecule has 0 saturated carbocycles. The molecule has 3 aromatic carbocycles. The summed E-state index contributed by atoms with van der Waals surface area (Å²) in [4.78, 5) is 0. The second kappa shape index (κ2) is 7.79. The summed E-state index contributed by atoms with van der Waals surface area (Å²) in [6.45, 7) is 0. The molecule has 1 nitrogen and oxygen atoms in total. The van der Waals surface area contributed by atoms with Crippen molar-refractivity contribution in [2.24, 2.45) is 0 Å². The SMILES string of the molecule is c1ccc(Cc2cccc[n+]2C(c2ccccc2)c2ccccc2)cc1. The van der Waals surface area contributed by atoms with Gasteiger partial charge in [0.1, 0.15) is 0 Å². The van der Waals surface area contributed by atoms with Crippen molar-refractivity contribution >= 4 is 0 Å². The fourth-order valence-electron chi connectivity index (χ4n) is 3.48. The van der Waals surface area contributed by atoms with Crippen LogP contribution in [0, 0.1) is 0 Å². The van der Waals surface area contributed by atoms with Gasteiger partial charge in [0, 0.05) is 23.3 Å². The second-order valence-electron chi connectivity index (χ2n) is 6.49. The Balaban J connectivity index is 1.82. The zero-order valence-corrected chi connectivity index (χ0v) is 14.7. The van der Waals surface area contributed by atoms with Crippen molar-refractivity contribution in [2.75, 3.05) is 0 Å². The number of benzene rings is 3. The molecule has 1 heterocycles. The summed E-state index contributed by atoms with van der Waals surface area (Å²) >= 11 is 0. The molecule has 0 spiro atoms. The maximum absolute atomic E-state index is 2.40. The highest BCUT2D eigenvalue weighted by molar-refractivity contribution is 5.30. The molecular formula is C25H22N+. The average Bonchev–Trinajstić information content (AvgIpc) is 2.72. The van der Waals surface area contributed by atoms with E-state index >= 15 is 0 Å². The van der Waals surface area contributed by atoms with Crippen LogP contribution in [0.3, 0.4) is 0 Å². The summed E-state index contributed by atoms with van der Waals surface area (Å²) < 4.78 is 2.40.